The molecule has 0 N–H and O–H groups in total. The third kappa shape index (κ3) is 4.52. The van der Waals surface area contributed by atoms with E-state index in [-0.39, 0.29) is 11.2 Å². The van der Waals surface area contributed by atoms with E-state index in [1.807, 2.05) is 20.8 Å². The number of halogens is 3. The van der Waals surface area contributed by atoms with Crippen LogP contribution in [0.5, 0.6) is 0 Å². The van der Waals surface area contributed by atoms with Gasteiger partial charge < -0.3 is 9.30 Å². The van der Waals surface area contributed by atoms with Crippen LogP contribution in [0.25, 0.3) is 0 Å². The number of aromatic nitrogens is 1. The van der Waals surface area contributed by atoms with Crippen LogP contribution in [0.3, 0.4) is 0 Å². The van der Waals surface area contributed by atoms with E-state index in [1.54, 1.807) is 0 Å². The Bertz CT molecular complexity index is 416. The molecular formula is C12H16F3NO2. The van der Waals surface area contributed by atoms with Gasteiger partial charge in [0.05, 0.1) is 12.2 Å². The SMILES string of the molecule is CC(C)(C)OCCn1ccc(C(=O)C(F)(F)F)c1. The van der Waals surface area contributed by atoms with Crippen molar-refractivity contribution in [1.29, 1.82) is 0 Å². The number of ether oxygens (including phenoxy) is 1. The minimum absolute atomic E-state index is 0.294. The fourth-order valence-electron chi connectivity index (χ4n) is 1.34. The number of carbonyl (C=O) groups excluding carboxylic acids is 1. The van der Waals surface area contributed by atoms with Crippen molar-refractivity contribution in [3.05, 3.63) is 24.0 Å². The molecule has 0 fully saturated rings. The van der Waals surface area contributed by atoms with Gasteiger partial charge in [0, 0.05) is 24.5 Å². The molecule has 1 aromatic rings. The molecule has 0 aliphatic rings. The van der Waals surface area contributed by atoms with E-state index in [0.29, 0.717) is 13.2 Å². The minimum Gasteiger partial charge on any atom is -0.374 e. The zero-order chi connectivity index (χ0) is 14.0. The summed E-state index contributed by atoms with van der Waals surface area (Å²) in [6.45, 7) is 6.45. The molecule has 1 heterocycles. The first-order valence-electron chi connectivity index (χ1n) is 5.51. The zero-order valence-corrected chi connectivity index (χ0v) is 10.5. The van der Waals surface area contributed by atoms with E-state index < -0.39 is 12.0 Å². The highest BCUT2D eigenvalue weighted by Gasteiger charge is 2.39. The topological polar surface area (TPSA) is 31.2 Å². The molecule has 0 atom stereocenters. The summed E-state index contributed by atoms with van der Waals surface area (Å²) in [4.78, 5) is 10.9. The number of carbonyl (C=O) groups is 1. The molecule has 3 nitrogen and oxygen atoms in total. The van der Waals surface area contributed by atoms with E-state index in [0.717, 1.165) is 6.07 Å². The molecule has 0 radical (unpaired) electrons. The summed E-state index contributed by atoms with van der Waals surface area (Å²) in [5, 5.41) is 0. The summed E-state index contributed by atoms with van der Waals surface area (Å²) in [7, 11) is 0. The van der Waals surface area contributed by atoms with E-state index in [9.17, 15) is 18.0 Å². The Hall–Kier alpha value is -1.30. The van der Waals surface area contributed by atoms with Crippen molar-refractivity contribution in [2.45, 2.75) is 39.1 Å². The van der Waals surface area contributed by atoms with Crippen LogP contribution >= 0.6 is 0 Å². The first-order valence-corrected chi connectivity index (χ1v) is 5.51. The number of ketones is 1. The van der Waals surface area contributed by atoms with Gasteiger partial charge in [0.25, 0.3) is 5.78 Å². The summed E-state index contributed by atoms with van der Waals surface area (Å²) in [5.41, 5.74) is -0.643. The molecule has 0 saturated heterocycles. The van der Waals surface area contributed by atoms with E-state index in [1.165, 1.54) is 17.0 Å². The maximum absolute atomic E-state index is 12.2. The van der Waals surface area contributed by atoms with Crippen LogP contribution < -0.4 is 0 Å². The Morgan fingerprint density at radius 1 is 1.33 bits per heavy atom. The fourth-order valence-corrected chi connectivity index (χ4v) is 1.34. The van der Waals surface area contributed by atoms with Gasteiger partial charge in [-0.2, -0.15) is 13.2 Å². The Morgan fingerprint density at radius 2 is 1.94 bits per heavy atom. The molecule has 0 aliphatic heterocycles. The standard InChI is InChI=1S/C12H16F3NO2/c1-11(2,3)18-7-6-16-5-4-9(8-16)10(17)12(13,14)15/h4-5,8H,6-7H2,1-3H3. The molecular weight excluding hydrogens is 247 g/mol. The van der Waals surface area contributed by atoms with E-state index >= 15 is 0 Å². The number of hydrogen-bond donors (Lipinski definition) is 0. The second kappa shape index (κ2) is 5.14. The van der Waals surface area contributed by atoms with E-state index in [2.05, 4.69) is 0 Å². The summed E-state index contributed by atoms with van der Waals surface area (Å²) >= 11 is 0. The molecule has 0 bridgehead atoms. The zero-order valence-electron chi connectivity index (χ0n) is 10.5. The van der Waals surface area contributed by atoms with Crippen molar-refractivity contribution in [2.24, 2.45) is 0 Å². The molecule has 0 amide bonds. The van der Waals surface area contributed by atoms with Crippen LogP contribution in [-0.2, 0) is 11.3 Å². The van der Waals surface area contributed by atoms with Gasteiger partial charge in [-0.25, -0.2) is 0 Å². The molecule has 6 heteroatoms. The molecule has 0 unspecified atom stereocenters. The third-order valence-electron chi connectivity index (χ3n) is 2.15. The average molecular weight is 263 g/mol. The third-order valence-corrected chi connectivity index (χ3v) is 2.15. The molecule has 18 heavy (non-hydrogen) atoms. The van der Waals surface area contributed by atoms with Crippen molar-refractivity contribution in [1.82, 2.24) is 4.57 Å². The Balaban J connectivity index is 2.57. The highest BCUT2D eigenvalue weighted by Crippen LogP contribution is 2.21. The highest BCUT2D eigenvalue weighted by molar-refractivity contribution is 6.00. The highest BCUT2D eigenvalue weighted by atomic mass is 19.4. The predicted molar refractivity (Wildman–Crippen MR) is 60.5 cm³/mol. The van der Waals surface area contributed by atoms with Crippen molar-refractivity contribution >= 4 is 5.78 Å². The summed E-state index contributed by atoms with van der Waals surface area (Å²) in [5.74, 6) is -1.82. The van der Waals surface area contributed by atoms with Crippen LogP contribution in [0.1, 0.15) is 31.1 Å². The molecule has 0 saturated carbocycles. The monoisotopic (exact) mass is 263 g/mol. The number of nitrogens with zero attached hydrogens (tertiary/aromatic N) is 1. The lowest BCUT2D eigenvalue weighted by molar-refractivity contribution is -0.0885. The summed E-state index contributed by atoms with van der Waals surface area (Å²) < 4.78 is 43.5. The summed E-state index contributed by atoms with van der Waals surface area (Å²) in [6.07, 6.45) is -2.21. The molecule has 0 aliphatic carbocycles. The average Bonchev–Trinajstić information content (AvgIpc) is 2.61. The van der Waals surface area contributed by atoms with Crippen molar-refractivity contribution in [3.8, 4) is 0 Å². The van der Waals surface area contributed by atoms with Crippen LogP contribution in [0, 0.1) is 0 Å². The maximum Gasteiger partial charge on any atom is 0.454 e. The van der Waals surface area contributed by atoms with Gasteiger partial charge in [0.1, 0.15) is 0 Å². The second-order valence-corrected chi connectivity index (χ2v) is 4.93. The Kier molecular flexibility index (Phi) is 4.21. The smallest absolute Gasteiger partial charge is 0.374 e. The number of alkyl halides is 3. The lowest BCUT2D eigenvalue weighted by Crippen LogP contribution is -2.22. The van der Waals surface area contributed by atoms with Gasteiger partial charge in [-0.1, -0.05) is 0 Å². The first-order chi connectivity index (χ1) is 8.09. The number of Topliss-reactive ketones (excluding diaryl/α,β-unsaturated/α-hetero) is 1. The normalized spacial score (nSPS) is 12.8. The Labute approximate surface area is 104 Å². The van der Waals surface area contributed by atoms with Crippen LogP contribution in [0.4, 0.5) is 13.2 Å². The molecule has 102 valence electrons. The molecule has 0 aromatic carbocycles. The van der Waals surface area contributed by atoms with Gasteiger partial charge in [-0.05, 0) is 26.8 Å². The van der Waals surface area contributed by atoms with Gasteiger partial charge in [-0.3, -0.25) is 4.79 Å². The van der Waals surface area contributed by atoms with Crippen LogP contribution in [0.15, 0.2) is 18.5 Å². The largest absolute Gasteiger partial charge is 0.454 e. The van der Waals surface area contributed by atoms with Gasteiger partial charge >= 0.3 is 6.18 Å². The predicted octanol–water partition coefficient (Wildman–Crippen LogP) is 3.05. The fraction of sp³-hybridized carbons (Fsp3) is 0.583. The van der Waals surface area contributed by atoms with Crippen molar-refractivity contribution in [3.63, 3.8) is 0 Å². The van der Waals surface area contributed by atoms with Gasteiger partial charge in [0.2, 0.25) is 0 Å². The van der Waals surface area contributed by atoms with Crippen molar-refractivity contribution in [2.75, 3.05) is 6.61 Å². The molecule has 0 spiro atoms. The van der Waals surface area contributed by atoms with Crippen LogP contribution in [0.2, 0.25) is 0 Å². The minimum atomic E-state index is -4.83. The Morgan fingerprint density at radius 3 is 2.44 bits per heavy atom. The first kappa shape index (κ1) is 14.8. The quantitative estimate of drug-likeness (QED) is 0.782. The van der Waals surface area contributed by atoms with Crippen molar-refractivity contribution < 1.29 is 22.7 Å². The summed E-state index contributed by atoms with van der Waals surface area (Å²) in [6, 6.07) is 1.16. The van der Waals surface area contributed by atoms with Crippen LogP contribution in [-0.4, -0.2) is 28.7 Å². The second-order valence-electron chi connectivity index (χ2n) is 4.93. The maximum atomic E-state index is 12.2. The lowest BCUT2D eigenvalue weighted by Gasteiger charge is -2.19. The van der Waals surface area contributed by atoms with Gasteiger partial charge in [0.15, 0.2) is 0 Å². The lowest BCUT2D eigenvalue weighted by atomic mass is 10.2. The number of rotatable bonds is 4. The van der Waals surface area contributed by atoms with Gasteiger partial charge in [-0.15, -0.1) is 0 Å². The molecule has 1 rings (SSSR count). The molecule has 1 aromatic heterocycles. The van der Waals surface area contributed by atoms with E-state index in [4.69, 9.17) is 4.74 Å². The number of hydrogen-bond acceptors (Lipinski definition) is 2.